The Hall–Kier alpha value is -1.07. The van der Waals surface area contributed by atoms with Crippen LogP contribution < -0.4 is 10.6 Å². The molecule has 0 aromatic heterocycles. The van der Waals surface area contributed by atoms with E-state index in [2.05, 4.69) is 18.7 Å². The van der Waals surface area contributed by atoms with Crippen molar-refractivity contribution >= 4 is 15.5 Å². The van der Waals surface area contributed by atoms with E-state index in [9.17, 15) is 8.42 Å². The van der Waals surface area contributed by atoms with Crippen molar-refractivity contribution in [2.75, 3.05) is 24.2 Å². The minimum absolute atomic E-state index is 0.355. The molecule has 0 atom stereocenters. The lowest BCUT2D eigenvalue weighted by Crippen LogP contribution is -2.32. The Morgan fingerprint density at radius 3 is 2.17 bits per heavy atom. The van der Waals surface area contributed by atoms with Crippen molar-refractivity contribution in [1.29, 1.82) is 0 Å². The number of benzene rings is 1. The van der Waals surface area contributed by atoms with Crippen LogP contribution in [0, 0.1) is 0 Å². The van der Waals surface area contributed by atoms with Gasteiger partial charge in [-0.15, -0.1) is 0 Å². The van der Waals surface area contributed by atoms with Crippen LogP contribution in [-0.2, 0) is 9.84 Å². The first-order valence-corrected chi connectivity index (χ1v) is 8.02. The van der Waals surface area contributed by atoms with E-state index in [1.54, 1.807) is 12.1 Å². The summed E-state index contributed by atoms with van der Waals surface area (Å²) in [5, 5.41) is 0. The van der Waals surface area contributed by atoms with Crippen molar-refractivity contribution in [2.24, 2.45) is 5.73 Å². The van der Waals surface area contributed by atoms with Crippen molar-refractivity contribution in [3.05, 3.63) is 24.3 Å². The highest BCUT2D eigenvalue weighted by Crippen LogP contribution is 2.20. The number of hydrogen-bond donors (Lipinski definition) is 1. The lowest BCUT2D eigenvalue weighted by atomic mass is 10.2. The maximum atomic E-state index is 11.4. The summed E-state index contributed by atoms with van der Waals surface area (Å²) in [7, 11) is -3.12. The van der Waals surface area contributed by atoms with E-state index < -0.39 is 9.84 Å². The van der Waals surface area contributed by atoms with Crippen molar-refractivity contribution in [3.8, 4) is 0 Å². The molecule has 0 heterocycles. The third-order valence-electron chi connectivity index (χ3n) is 2.82. The summed E-state index contributed by atoms with van der Waals surface area (Å²) in [6.45, 7) is 5.76. The van der Waals surface area contributed by atoms with Gasteiger partial charge >= 0.3 is 0 Å². The van der Waals surface area contributed by atoms with E-state index >= 15 is 0 Å². The van der Waals surface area contributed by atoms with E-state index in [4.69, 9.17) is 5.73 Å². The van der Waals surface area contributed by atoms with Crippen LogP contribution in [0.2, 0.25) is 0 Å². The first-order chi connectivity index (χ1) is 8.36. The molecule has 0 aliphatic carbocycles. The molecule has 0 bridgehead atoms. The molecule has 0 saturated heterocycles. The van der Waals surface area contributed by atoms with Gasteiger partial charge in [0.1, 0.15) is 0 Å². The van der Waals surface area contributed by atoms with Crippen molar-refractivity contribution in [2.45, 2.75) is 31.2 Å². The molecule has 0 radical (unpaired) electrons. The zero-order chi connectivity index (χ0) is 13.8. The Morgan fingerprint density at radius 2 is 1.78 bits per heavy atom. The maximum absolute atomic E-state index is 11.4. The van der Waals surface area contributed by atoms with Crippen LogP contribution in [0.3, 0.4) is 0 Å². The largest absolute Gasteiger partial charge is 0.369 e. The highest BCUT2D eigenvalue weighted by Gasteiger charge is 2.12. The van der Waals surface area contributed by atoms with Gasteiger partial charge in [0.25, 0.3) is 0 Å². The van der Waals surface area contributed by atoms with Gasteiger partial charge < -0.3 is 10.6 Å². The van der Waals surface area contributed by atoms with Gasteiger partial charge in [0.15, 0.2) is 9.84 Å². The normalized spacial score (nSPS) is 11.8. The van der Waals surface area contributed by atoms with Crippen LogP contribution in [-0.4, -0.2) is 33.8 Å². The zero-order valence-electron chi connectivity index (χ0n) is 11.3. The average molecular weight is 270 g/mol. The molecule has 1 aromatic carbocycles. The molecule has 0 fully saturated rings. The minimum Gasteiger partial charge on any atom is -0.369 e. The van der Waals surface area contributed by atoms with Gasteiger partial charge in [0.2, 0.25) is 0 Å². The van der Waals surface area contributed by atoms with E-state index in [0.29, 0.717) is 17.5 Å². The number of nitrogens with two attached hydrogens (primary N) is 1. The Kier molecular flexibility index (Phi) is 5.16. The number of nitrogens with zero attached hydrogens (tertiary/aromatic N) is 1. The van der Waals surface area contributed by atoms with Crippen LogP contribution in [0.5, 0.6) is 0 Å². The molecule has 102 valence electrons. The summed E-state index contributed by atoms with van der Waals surface area (Å²) in [6, 6.07) is 7.38. The van der Waals surface area contributed by atoms with Gasteiger partial charge in [0, 0.05) is 24.5 Å². The summed E-state index contributed by atoms with van der Waals surface area (Å²) >= 11 is 0. The summed E-state index contributed by atoms with van der Waals surface area (Å²) in [4.78, 5) is 2.58. The van der Waals surface area contributed by atoms with Crippen LogP contribution in [0.1, 0.15) is 20.3 Å². The monoisotopic (exact) mass is 270 g/mol. The Balaban J connectivity index is 2.94. The van der Waals surface area contributed by atoms with E-state index in [0.717, 1.165) is 18.7 Å². The van der Waals surface area contributed by atoms with Gasteiger partial charge in [0.05, 0.1) is 4.90 Å². The van der Waals surface area contributed by atoms with Gasteiger partial charge in [-0.1, -0.05) is 0 Å². The predicted molar refractivity (Wildman–Crippen MR) is 75.7 cm³/mol. The number of rotatable bonds is 6. The molecule has 2 N–H and O–H groups in total. The fraction of sp³-hybridized carbons (Fsp3) is 0.538. The Labute approximate surface area is 110 Å². The second-order valence-electron chi connectivity index (χ2n) is 4.70. The molecule has 1 rings (SSSR count). The smallest absolute Gasteiger partial charge is 0.175 e. The number of anilines is 1. The van der Waals surface area contributed by atoms with E-state index in [1.165, 1.54) is 6.26 Å². The topological polar surface area (TPSA) is 63.4 Å². The number of sulfone groups is 1. The average Bonchev–Trinajstić information content (AvgIpc) is 2.28. The summed E-state index contributed by atoms with van der Waals surface area (Å²) in [5.74, 6) is 0. The molecule has 18 heavy (non-hydrogen) atoms. The molecule has 0 unspecified atom stereocenters. The van der Waals surface area contributed by atoms with E-state index in [-0.39, 0.29) is 0 Å². The SMILES string of the molecule is CC(C)N(CCCN)c1ccc(S(C)(=O)=O)cc1. The van der Waals surface area contributed by atoms with Gasteiger partial charge in [-0.25, -0.2) is 8.42 Å². The van der Waals surface area contributed by atoms with Gasteiger partial charge in [-0.05, 0) is 51.1 Å². The third-order valence-corrected chi connectivity index (χ3v) is 3.95. The first-order valence-electron chi connectivity index (χ1n) is 6.13. The molecule has 0 saturated carbocycles. The zero-order valence-corrected chi connectivity index (χ0v) is 12.1. The highest BCUT2D eigenvalue weighted by molar-refractivity contribution is 7.90. The third kappa shape index (κ3) is 3.99. The quantitative estimate of drug-likeness (QED) is 0.854. The van der Waals surface area contributed by atoms with Crippen LogP contribution in [0.15, 0.2) is 29.2 Å². The highest BCUT2D eigenvalue weighted by atomic mass is 32.2. The lowest BCUT2D eigenvalue weighted by Gasteiger charge is -2.29. The summed E-state index contributed by atoms with van der Waals surface area (Å²) in [6.07, 6.45) is 2.14. The molecular weight excluding hydrogens is 248 g/mol. The molecule has 0 spiro atoms. The Bertz CT molecular complexity index is 466. The van der Waals surface area contributed by atoms with Crippen molar-refractivity contribution in [1.82, 2.24) is 0 Å². The first kappa shape index (κ1) is 15.0. The molecule has 1 aromatic rings. The fourth-order valence-corrected chi connectivity index (χ4v) is 2.46. The molecule has 0 aliphatic heterocycles. The number of hydrogen-bond acceptors (Lipinski definition) is 4. The predicted octanol–water partition coefficient (Wildman–Crippen LogP) is 1.65. The second-order valence-corrected chi connectivity index (χ2v) is 6.71. The Morgan fingerprint density at radius 1 is 1.22 bits per heavy atom. The van der Waals surface area contributed by atoms with Crippen LogP contribution in [0.4, 0.5) is 5.69 Å². The maximum Gasteiger partial charge on any atom is 0.175 e. The second kappa shape index (κ2) is 6.20. The standard InChI is InChI=1S/C13H22N2O2S/c1-11(2)15(10-4-9-14)12-5-7-13(8-6-12)18(3,16)17/h5-8,11H,4,9-10,14H2,1-3H3. The van der Waals surface area contributed by atoms with Crippen molar-refractivity contribution < 1.29 is 8.42 Å². The van der Waals surface area contributed by atoms with E-state index in [1.807, 2.05) is 12.1 Å². The molecule has 0 amide bonds. The minimum atomic E-state index is -3.12. The molecule has 5 heteroatoms. The lowest BCUT2D eigenvalue weighted by molar-refractivity contribution is 0.602. The van der Waals surface area contributed by atoms with Gasteiger partial charge in [-0.2, -0.15) is 0 Å². The molecular formula is C13H22N2O2S. The molecule has 4 nitrogen and oxygen atoms in total. The van der Waals surface area contributed by atoms with Crippen LogP contribution >= 0.6 is 0 Å². The summed E-state index contributed by atoms with van der Waals surface area (Å²) in [5.41, 5.74) is 6.56. The van der Waals surface area contributed by atoms with Crippen molar-refractivity contribution in [3.63, 3.8) is 0 Å². The van der Waals surface area contributed by atoms with Crippen LogP contribution in [0.25, 0.3) is 0 Å². The summed E-state index contributed by atoms with van der Waals surface area (Å²) < 4.78 is 22.8. The fourth-order valence-electron chi connectivity index (χ4n) is 1.83. The molecule has 0 aliphatic rings. The van der Waals surface area contributed by atoms with Gasteiger partial charge in [-0.3, -0.25) is 0 Å².